The van der Waals surface area contributed by atoms with Crippen LogP contribution in [-0.2, 0) is 0 Å². The highest BCUT2D eigenvalue weighted by molar-refractivity contribution is 5.55. The van der Waals surface area contributed by atoms with Crippen LogP contribution < -0.4 is 0 Å². The van der Waals surface area contributed by atoms with Gasteiger partial charge in [0, 0.05) is 18.2 Å². The first-order chi connectivity index (χ1) is 12.1. The molecule has 6 heteroatoms. The number of benzene rings is 1. The molecule has 2 atom stereocenters. The number of aliphatic hydroxyl groups excluding tert-OH is 1. The lowest BCUT2D eigenvalue weighted by Crippen LogP contribution is -2.43. The maximum absolute atomic E-state index is 10.2. The summed E-state index contributed by atoms with van der Waals surface area (Å²) in [6, 6.07) is 8.62. The van der Waals surface area contributed by atoms with Crippen molar-refractivity contribution in [1.82, 2.24) is 19.9 Å². The van der Waals surface area contributed by atoms with E-state index in [0.29, 0.717) is 30.7 Å². The number of hydrogen-bond donors (Lipinski definition) is 1. The number of aliphatic hydroxyl groups is 1. The molecule has 2 unspecified atom stereocenters. The van der Waals surface area contributed by atoms with Gasteiger partial charge in [-0.25, -0.2) is 0 Å². The van der Waals surface area contributed by atoms with Crippen LogP contribution in [0.15, 0.2) is 28.8 Å². The van der Waals surface area contributed by atoms with E-state index in [2.05, 4.69) is 46.0 Å². The van der Waals surface area contributed by atoms with Gasteiger partial charge in [-0.15, -0.1) is 0 Å². The molecule has 0 aliphatic carbocycles. The first-order valence-corrected chi connectivity index (χ1v) is 9.13. The Bertz CT molecular complexity index is 724. The fraction of sp³-hybridized carbons (Fsp3) is 0.579. The van der Waals surface area contributed by atoms with E-state index < -0.39 is 0 Å². The lowest BCUT2D eigenvalue weighted by molar-refractivity contribution is 0.0881. The minimum Gasteiger partial charge on any atom is -0.392 e. The second-order valence-electron chi connectivity index (χ2n) is 7.46. The molecular formula is C19H26N4O2. The van der Waals surface area contributed by atoms with Gasteiger partial charge in [-0.2, -0.15) is 4.98 Å². The van der Waals surface area contributed by atoms with Crippen LogP contribution in [0.3, 0.4) is 0 Å². The summed E-state index contributed by atoms with van der Waals surface area (Å²) in [6.45, 7) is 4.95. The quantitative estimate of drug-likeness (QED) is 0.923. The number of aromatic nitrogens is 2. The van der Waals surface area contributed by atoms with Crippen LogP contribution in [0.5, 0.6) is 0 Å². The first-order valence-electron chi connectivity index (χ1n) is 9.13. The number of nitrogens with zero attached hydrogens (tertiary/aromatic N) is 4. The van der Waals surface area contributed by atoms with E-state index in [-0.39, 0.29) is 12.1 Å². The van der Waals surface area contributed by atoms with E-state index in [1.807, 2.05) is 12.1 Å². The largest absolute Gasteiger partial charge is 0.392 e. The van der Waals surface area contributed by atoms with Crippen LogP contribution in [0.25, 0.3) is 11.4 Å². The Balaban J connectivity index is 1.55. The summed E-state index contributed by atoms with van der Waals surface area (Å²) >= 11 is 0. The summed E-state index contributed by atoms with van der Waals surface area (Å²) in [5.41, 5.74) is 2.15. The highest BCUT2D eigenvalue weighted by atomic mass is 16.5. The standard InChI is InChI=1S/C19H26N4O2/c1-13-4-3-5-14(10-13)18-20-19(25-21-18)17-11-16(24)12-23(17)15-6-8-22(2)9-7-15/h3-5,10,15-17,24H,6-9,11-12H2,1-2H3. The molecule has 2 aliphatic rings. The zero-order valence-corrected chi connectivity index (χ0v) is 14.9. The fourth-order valence-corrected chi connectivity index (χ4v) is 4.08. The van der Waals surface area contributed by atoms with E-state index in [1.165, 1.54) is 5.56 Å². The third kappa shape index (κ3) is 3.47. The predicted molar refractivity (Wildman–Crippen MR) is 95.1 cm³/mol. The molecule has 2 saturated heterocycles. The third-order valence-corrected chi connectivity index (χ3v) is 5.48. The van der Waals surface area contributed by atoms with Crippen LogP contribution >= 0.6 is 0 Å². The van der Waals surface area contributed by atoms with Gasteiger partial charge in [-0.05, 0) is 52.4 Å². The molecule has 0 bridgehead atoms. The Kier molecular flexibility index (Phi) is 4.58. The minimum atomic E-state index is -0.320. The fourth-order valence-electron chi connectivity index (χ4n) is 4.08. The second kappa shape index (κ2) is 6.86. The Labute approximate surface area is 148 Å². The molecular weight excluding hydrogens is 316 g/mol. The lowest BCUT2D eigenvalue weighted by atomic mass is 10.0. The monoisotopic (exact) mass is 342 g/mol. The van der Waals surface area contributed by atoms with Crippen molar-refractivity contribution in [1.29, 1.82) is 0 Å². The van der Waals surface area contributed by atoms with Gasteiger partial charge in [-0.1, -0.05) is 28.9 Å². The van der Waals surface area contributed by atoms with Crippen LogP contribution in [-0.4, -0.2) is 63.9 Å². The third-order valence-electron chi connectivity index (χ3n) is 5.48. The molecule has 0 spiro atoms. The van der Waals surface area contributed by atoms with Gasteiger partial charge >= 0.3 is 0 Å². The van der Waals surface area contributed by atoms with Gasteiger partial charge in [0.15, 0.2) is 0 Å². The van der Waals surface area contributed by atoms with Crippen molar-refractivity contribution in [2.24, 2.45) is 0 Å². The van der Waals surface area contributed by atoms with Crippen molar-refractivity contribution in [3.8, 4) is 11.4 Å². The molecule has 1 N–H and O–H groups in total. The summed E-state index contributed by atoms with van der Waals surface area (Å²) in [5.74, 6) is 1.26. The molecule has 2 aromatic rings. The predicted octanol–water partition coefficient (Wildman–Crippen LogP) is 2.25. The summed E-state index contributed by atoms with van der Waals surface area (Å²) in [6.07, 6.45) is 2.60. The average molecular weight is 342 g/mol. The van der Waals surface area contributed by atoms with Gasteiger partial charge in [-0.3, -0.25) is 4.90 Å². The Morgan fingerprint density at radius 3 is 2.80 bits per heavy atom. The number of β-amino-alcohol motifs (C(OH)–C–C–N with tert-alkyl or cyclic N) is 1. The van der Waals surface area contributed by atoms with Gasteiger partial charge in [0.25, 0.3) is 0 Å². The summed E-state index contributed by atoms with van der Waals surface area (Å²) in [4.78, 5) is 9.40. The van der Waals surface area contributed by atoms with Gasteiger partial charge in [0.2, 0.25) is 11.7 Å². The molecule has 3 heterocycles. The van der Waals surface area contributed by atoms with Crippen LogP contribution in [0, 0.1) is 6.92 Å². The van der Waals surface area contributed by atoms with E-state index >= 15 is 0 Å². The second-order valence-corrected chi connectivity index (χ2v) is 7.46. The zero-order valence-electron chi connectivity index (χ0n) is 14.9. The molecule has 2 aliphatic heterocycles. The molecule has 1 aromatic heterocycles. The van der Waals surface area contributed by atoms with Crippen LogP contribution in [0.4, 0.5) is 0 Å². The van der Waals surface area contributed by atoms with Crippen LogP contribution in [0.2, 0.25) is 0 Å². The van der Waals surface area contributed by atoms with E-state index in [4.69, 9.17) is 4.52 Å². The van der Waals surface area contributed by atoms with E-state index in [1.54, 1.807) is 0 Å². The molecule has 0 amide bonds. The van der Waals surface area contributed by atoms with Crippen molar-refractivity contribution in [3.05, 3.63) is 35.7 Å². The van der Waals surface area contributed by atoms with Gasteiger partial charge < -0.3 is 14.5 Å². The smallest absolute Gasteiger partial charge is 0.244 e. The summed E-state index contributed by atoms with van der Waals surface area (Å²) in [7, 11) is 2.17. The normalized spacial score (nSPS) is 26.4. The van der Waals surface area contributed by atoms with Crippen molar-refractivity contribution in [2.45, 2.75) is 44.4 Å². The maximum Gasteiger partial charge on any atom is 0.244 e. The molecule has 0 radical (unpaired) electrons. The van der Waals surface area contributed by atoms with Gasteiger partial charge in [0.05, 0.1) is 12.1 Å². The van der Waals surface area contributed by atoms with Crippen molar-refractivity contribution < 1.29 is 9.63 Å². The van der Waals surface area contributed by atoms with E-state index in [0.717, 1.165) is 31.5 Å². The summed E-state index contributed by atoms with van der Waals surface area (Å²) in [5, 5.41) is 14.4. The minimum absolute atomic E-state index is 0.0227. The molecule has 2 fully saturated rings. The summed E-state index contributed by atoms with van der Waals surface area (Å²) < 4.78 is 5.61. The average Bonchev–Trinajstić information content (AvgIpc) is 3.22. The highest BCUT2D eigenvalue weighted by Crippen LogP contribution is 2.36. The number of rotatable bonds is 3. The first kappa shape index (κ1) is 16.7. The molecule has 134 valence electrons. The molecule has 25 heavy (non-hydrogen) atoms. The molecule has 0 saturated carbocycles. The number of hydrogen-bond acceptors (Lipinski definition) is 6. The topological polar surface area (TPSA) is 65.6 Å². The SMILES string of the molecule is Cc1cccc(-c2noc(C3CC(O)CN3C3CCN(C)CC3)n2)c1. The number of piperidine rings is 1. The number of aryl methyl sites for hydroxylation is 1. The van der Waals surface area contributed by atoms with Gasteiger partial charge in [0.1, 0.15) is 0 Å². The Hall–Kier alpha value is -1.76. The molecule has 1 aromatic carbocycles. The zero-order chi connectivity index (χ0) is 17.4. The Morgan fingerprint density at radius 2 is 2.04 bits per heavy atom. The number of likely N-dealkylation sites (tertiary alicyclic amines) is 2. The van der Waals surface area contributed by atoms with Crippen molar-refractivity contribution in [3.63, 3.8) is 0 Å². The lowest BCUT2D eigenvalue weighted by Gasteiger charge is -2.37. The highest BCUT2D eigenvalue weighted by Gasteiger charge is 2.40. The van der Waals surface area contributed by atoms with Crippen molar-refractivity contribution >= 4 is 0 Å². The van der Waals surface area contributed by atoms with Crippen LogP contribution in [0.1, 0.15) is 36.8 Å². The maximum atomic E-state index is 10.2. The van der Waals surface area contributed by atoms with Crippen molar-refractivity contribution in [2.75, 3.05) is 26.7 Å². The van der Waals surface area contributed by atoms with E-state index in [9.17, 15) is 5.11 Å². The molecule has 6 nitrogen and oxygen atoms in total. The molecule has 4 rings (SSSR count). The Morgan fingerprint density at radius 1 is 1.24 bits per heavy atom.